The van der Waals surface area contributed by atoms with Crippen LogP contribution in [-0.2, 0) is 40.8 Å². The normalized spacial score (nSPS) is 14.7. The molecule has 0 saturated carbocycles. The fourth-order valence-electron chi connectivity index (χ4n) is 16.5. The minimum atomic E-state index is -0.605. The molecule has 24 nitrogen and oxygen atoms in total. The largest absolute Gasteiger partial charge is 0.306 e. The molecule has 0 spiro atoms. The minimum absolute atomic E-state index is 0.0445. The van der Waals surface area contributed by atoms with E-state index in [1.54, 1.807) is 81.8 Å². The van der Waals surface area contributed by atoms with Crippen molar-refractivity contribution in [1.82, 2.24) is 78.1 Å². The zero-order valence-electron chi connectivity index (χ0n) is 72.0. The Hall–Kier alpha value is -15.2. The van der Waals surface area contributed by atoms with Gasteiger partial charge in [0.1, 0.15) is 0 Å². The molecule has 4 aliphatic rings. The van der Waals surface area contributed by atoms with E-state index in [1.807, 2.05) is 324 Å². The highest BCUT2D eigenvalue weighted by Crippen LogP contribution is 2.52. The van der Waals surface area contributed by atoms with Crippen molar-refractivity contribution >= 4 is 69.1 Å². The van der Waals surface area contributed by atoms with E-state index >= 15 is 0 Å². The molecule has 0 N–H and O–H groups in total. The zero-order valence-corrected chi connectivity index (χ0v) is 72.0. The summed E-state index contributed by atoms with van der Waals surface area (Å²) in [5.41, 5.74) is 27.4. The van der Waals surface area contributed by atoms with E-state index in [2.05, 4.69) is 71.9 Å². The van der Waals surface area contributed by atoms with Crippen LogP contribution >= 0.6 is 0 Å². The Kier molecular flexibility index (Phi) is 20.8. The number of aryl methyl sites for hydroxylation is 8. The van der Waals surface area contributed by atoms with Crippen molar-refractivity contribution in [3.63, 3.8) is 0 Å². The maximum Gasteiger partial charge on any atom is 0.241 e. The highest BCUT2D eigenvalue weighted by Gasteiger charge is 2.49. The number of anilines is 8. The number of imidazole rings is 4. The van der Waals surface area contributed by atoms with Gasteiger partial charge in [-0.1, -0.05) is 48.5 Å². The van der Waals surface area contributed by atoms with Crippen molar-refractivity contribution in [3.8, 4) is 67.8 Å². The molecule has 20 rings (SSSR count). The molecule has 12 aromatic heterocycles. The van der Waals surface area contributed by atoms with Crippen LogP contribution in [0.5, 0.6) is 0 Å². The van der Waals surface area contributed by atoms with E-state index in [0.717, 1.165) is 181 Å². The number of carbonyl (C=O) groups excluding carboxylic acids is 4. The van der Waals surface area contributed by atoms with Gasteiger partial charge in [-0.2, -0.15) is 0 Å². The third-order valence-electron chi connectivity index (χ3n) is 23.6. The summed E-state index contributed by atoms with van der Waals surface area (Å²) >= 11 is 0. The Morgan fingerprint density at radius 1 is 0.234 bits per heavy atom. The van der Waals surface area contributed by atoms with Gasteiger partial charge in [-0.15, -0.1) is 0 Å². The van der Waals surface area contributed by atoms with Crippen molar-refractivity contribution < 1.29 is 19.2 Å². The van der Waals surface area contributed by atoms with E-state index in [0.29, 0.717) is 0 Å². The van der Waals surface area contributed by atoms with Gasteiger partial charge in [0.2, 0.25) is 23.6 Å². The lowest BCUT2D eigenvalue weighted by molar-refractivity contribution is -0.122. The molecule has 0 radical (unpaired) electrons. The number of fused-ring (bicyclic) bond motifs is 4. The summed E-state index contributed by atoms with van der Waals surface area (Å²) in [6.45, 7) is 31.5. The Labute approximate surface area is 719 Å². The lowest BCUT2D eigenvalue weighted by Crippen LogP contribution is -2.33. The molecule has 616 valence electrons. The standard InChI is InChI=1S/4C25H23N5O/c1-16-12-26-10-9-22(16)29-14-21(28-15-29)18-6-8-20-23(11-18)30(24(31)25(20,3)4)19-7-5-17(2)27-13-19;1-16-5-7-20(13-27-16)30-23-12-18(6-8-21(23)25(3,4)24(30)31)22-14-29(15-28-22)19-9-10-26-17(2)11-19;1-16-13-26-9-8-22(16)29-14-21(28-15-29)18-5-6-20-23(12-18)30(24(31)25(20,3)4)19-7-10-27-17(2)11-19;1-16-11-19(7-9-26-16)29-14-22(28-15-29)18-5-6-21-23(13-18)30(24(31)25(21,3)4)20-8-10-27-17(2)12-20/h4*5-15H,1-4H3. The number of hydrogen-bond donors (Lipinski definition) is 0. The molecule has 16 aromatic rings. The van der Waals surface area contributed by atoms with Gasteiger partial charge in [0.15, 0.2) is 0 Å². The van der Waals surface area contributed by atoms with Crippen LogP contribution in [0, 0.1) is 55.4 Å². The predicted molar refractivity (Wildman–Crippen MR) is 483 cm³/mol. The third-order valence-corrected chi connectivity index (χ3v) is 23.6. The first-order chi connectivity index (χ1) is 59.4. The number of hydrogen-bond acceptors (Lipinski definition) is 16. The SMILES string of the molecule is Cc1cc(N2C(=O)C(C)(C)c3ccc(-c4cn(-c5ccnc(C)c5)cn4)cc32)ccn1.Cc1cc(N2C(=O)C(C)(C)c3ccc(-c4cn(-c5ccncc5C)cn4)cc32)ccn1.Cc1ccc(N2C(=O)C(C)(C)c3ccc(-c4cn(-c5ccnc(C)c5)cn4)cc32)cn1.Cc1ccc(N2C(=O)C(C)(C)c3ccc(-c4cn(-c5ccncc5C)cn4)cc32)cn1. The van der Waals surface area contributed by atoms with Crippen LogP contribution < -0.4 is 19.6 Å². The zero-order chi connectivity index (χ0) is 87.0. The molecule has 0 saturated heterocycles. The van der Waals surface area contributed by atoms with Crippen molar-refractivity contribution in [3.05, 3.63) is 337 Å². The molecule has 24 heteroatoms. The van der Waals surface area contributed by atoms with Gasteiger partial charge in [0.05, 0.1) is 139 Å². The van der Waals surface area contributed by atoms with Gasteiger partial charge in [-0.05, 0) is 253 Å². The van der Waals surface area contributed by atoms with E-state index in [-0.39, 0.29) is 23.6 Å². The van der Waals surface area contributed by atoms with Gasteiger partial charge in [-0.3, -0.25) is 78.6 Å². The second-order valence-corrected chi connectivity index (χ2v) is 33.9. The lowest BCUT2D eigenvalue weighted by Gasteiger charge is -2.20. The summed E-state index contributed by atoms with van der Waals surface area (Å²) in [5.74, 6) is 0.206. The second-order valence-electron chi connectivity index (χ2n) is 33.9. The Balaban J connectivity index is 0.000000117. The lowest BCUT2D eigenvalue weighted by atomic mass is 9.85. The average molecular weight is 1640 g/mol. The van der Waals surface area contributed by atoms with Crippen LogP contribution in [0.2, 0.25) is 0 Å². The third kappa shape index (κ3) is 14.9. The summed E-state index contributed by atoms with van der Waals surface area (Å²) < 4.78 is 7.96. The van der Waals surface area contributed by atoms with Gasteiger partial charge in [-0.25, -0.2) is 19.9 Å². The summed E-state index contributed by atoms with van der Waals surface area (Å²) in [5, 5.41) is 0. The molecule has 4 aromatic carbocycles. The maximum atomic E-state index is 13.4. The summed E-state index contributed by atoms with van der Waals surface area (Å²) in [6.07, 6.45) is 33.0. The van der Waals surface area contributed by atoms with Gasteiger partial charge in [0, 0.05) is 142 Å². The molecule has 4 amide bonds. The fraction of sp³-hybridized carbons (Fsp3) is 0.200. The van der Waals surface area contributed by atoms with Crippen LogP contribution in [0.15, 0.2) is 270 Å². The van der Waals surface area contributed by atoms with Crippen molar-refractivity contribution in [2.75, 3.05) is 19.6 Å². The molecule has 0 aliphatic carbocycles. The number of pyridine rings is 8. The highest BCUT2D eigenvalue weighted by atomic mass is 16.2. The first-order valence-corrected chi connectivity index (χ1v) is 40.9. The molecular weight excluding hydrogens is 1550 g/mol. The number of benzene rings is 4. The second kappa shape index (κ2) is 31.7. The molecule has 0 unspecified atom stereocenters. The summed E-state index contributed by atoms with van der Waals surface area (Å²) in [6, 6.07) is 51.8. The van der Waals surface area contributed by atoms with Crippen LogP contribution in [0.3, 0.4) is 0 Å². The predicted octanol–water partition coefficient (Wildman–Crippen LogP) is 19.6. The minimum Gasteiger partial charge on any atom is -0.306 e. The summed E-state index contributed by atoms with van der Waals surface area (Å²) in [4.78, 5) is 113. The number of carbonyl (C=O) groups is 4. The molecule has 0 fully saturated rings. The Bertz CT molecular complexity index is 6890. The monoisotopic (exact) mass is 1640 g/mol. The van der Waals surface area contributed by atoms with Gasteiger partial charge < -0.3 is 18.3 Å². The van der Waals surface area contributed by atoms with E-state index in [1.165, 1.54) is 0 Å². The number of nitrogens with zero attached hydrogens (tertiary/aromatic N) is 20. The first-order valence-electron chi connectivity index (χ1n) is 40.9. The van der Waals surface area contributed by atoms with E-state index < -0.39 is 21.7 Å². The van der Waals surface area contributed by atoms with E-state index in [9.17, 15) is 19.2 Å². The molecule has 124 heavy (non-hydrogen) atoms. The van der Waals surface area contributed by atoms with Gasteiger partial charge >= 0.3 is 0 Å². The number of aromatic nitrogens is 16. The Morgan fingerprint density at radius 3 is 0.790 bits per heavy atom. The fourth-order valence-corrected chi connectivity index (χ4v) is 16.5. The molecule has 0 bridgehead atoms. The van der Waals surface area contributed by atoms with Crippen LogP contribution in [-0.4, -0.2) is 102 Å². The van der Waals surface area contributed by atoms with Gasteiger partial charge in [0.25, 0.3) is 0 Å². The van der Waals surface area contributed by atoms with Crippen LogP contribution in [0.4, 0.5) is 45.5 Å². The topological polar surface area (TPSA) is 256 Å². The van der Waals surface area contributed by atoms with E-state index in [4.69, 9.17) is 0 Å². The average Bonchev–Trinajstić information content (AvgIpc) is 1.60. The molecular formula is C100H92N20O4. The Morgan fingerprint density at radius 2 is 0.508 bits per heavy atom. The highest BCUT2D eigenvalue weighted by molar-refractivity contribution is 6.16. The van der Waals surface area contributed by atoms with Crippen LogP contribution in [0.1, 0.15) is 123 Å². The summed E-state index contributed by atoms with van der Waals surface area (Å²) in [7, 11) is 0. The molecule has 4 aliphatic heterocycles. The molecule has 0 atom stereocenters. The van der Waals surface area contributed by atoms with Crippen molar-refractivity contribution in [1.29, 1.82) is 0 Å². The number of rotatable bonds is 12. The maximum absolute atomic E-state index is 13.4. The van der Waals surface area contributed by atoms with Crippen molar-refractivity contribution in [2.24, 2.45) is 0 Å². The first kappa shape index (κ1) is 81.2. The molecule has 16 heterocycles. The van der Waals surface area contributed by atoms with Crippen molar-refractivity contribution in [2.45, 2.75) is 132 Å². The quantitative estimate of drug-likeness (QED) is 0.110. The van der Waals surface area contributed by atoms with Crippen LogP contribution in [0.25, 0.3) is 67.8 Å². The smallest absolute Gasteiger partial charge is 0.241 e. The number of amides is 4.